The first kappa shape index (κ1) is 17.0. The lowest BCUT2D eigenvalue weighted by molar-refractivity contribution is -0.130. The number of likely N-dealkylation sites (tertiary alicyclic amines) is 1. The molecule has 0 spiro atoms. The number of hydrogen-bond acceptors (Lipinski definition) is 4. The van der Waals surface area contributed by atoms with E-state index in [0.29, 0.717) is 18.7 Å². The van der Waals surface area contributed by atoms with Crippen LogP contribution in [0.2, 0.25) is 0 Å². The average Bonchev–Trinajstić information content (AvgIpc) is 2.96. The number of nitrogens with one attached hydrogen (secondary N) is 1. The van der Waals surface area contributed by atoms with Crippen molar-refractivity contribution in [3.05, 3.63) is 65.2 Å². The summed E-state index contributed by atoms with van der Waals surface area (Å²) in [6, 6.07) is 16.3. The molecule has 0 saturated carbocycles. The molecule has 0 aromatic heterocycles. The van der Waals surface area contributed by atoms with Gasteiger partial charge in [-0.05, 0) is 48.7 Å². The zero-order valence-corrected chi connectivity index (χ0v) is 14.1. The van der Waals surface area contributed by atoms with Crippen molar-refractivity contribution in [3.8, 4) is 11.8 Å². The smallest absolute Gasteiger partial charge is 0.240 e. The van der Waals surface area contributed by atoms with Crippen molar-refractivity contribution in [1.82, 2.24) is 10.2 Å². The van der Waals surface area contributed by atoms with E-state index in [1.54, 1.807) is 30.3 Å². The van der Waals surface area contributed by atoms with Gasteiger partial charge in [0.05, 0.1) is 17.7 Å². The Kier molecular flexibility index (Phi) is 5.01. The first-order valence-electron chi connectivity index (χ1n) is 8.39. The van der Waals surface area contributed by atoms with Gasteiger partial charge in [-0.3, -0.25) is 10.1 Å². The highest BCUT2D eigenvalue weighted by Crippen LogP contribution is 2.22. The van der Waals surface area contributed by atoms with Crippen molar-refractivity contribution in [2.75, 3.05) is 6.54 Å². The second-order valence-corrected chi connectivity index (χ2v) is 6.39. The second-order valence-electron chi connectivity index (χ2n) is 6.39. The van der Waals surface area contributed by atoms with Crippen LogP contribution in [0.15, 0.2) is 48.5 Å². The third-order valence-electron chi connectivity index (χ3n) is 4.58. The van der Waals surface area contributed by atoms with Gasteiger partial charge in [-0.25, -0.2) is 0 Å². The topological polar surface area (TPSA) is 76.4 Å². The van der Waals surface area contributed by atoms with Crippen LogP contribution in [0.25, 0.3) is 0 Å². The number of phenolic OH excluding ortho intramolecular Hbond substituents is 1. The number of nitrogens with zero attached hydrogens (tertiary/aromatic N) is 2. The zero-order valence-electron chi connectivity index (χ0n) is 14.1. The molecule has 2 atom stereocenters. The van der Waals surface area contributed by atoms with Crippen molar-refractivity contribution >= 4 is 5.91 Å². The molecule has 1 aliphatic rings. The predicted octanol–water partition coefficient (Wildman–Crippen LogP) is 2.72. The fraction of sp³-hybridized carbons (Fsp3) is 0.300. The van der Waals surface area contributed by atoms with E-state index in [1.807, 2.05) is 30.0 Å². The van der Waals surface area contributed by atoms with Gasteiger partial charge in [-0.1, -0.05) is 24.3 Å². The van der Waals surface area contributed by atoms with E-state index in [1.165, 1.54) is 0 Å². The quantitative estimate of drug-likeness (QED) is 0.881. The number of phenols is 1. The largest absolute Gasteiger partial charge is 0.508 e. The van der Waals surface area contributed by atoms with E-state index >= 15 is 0 Å². The molecule has 1 saturated heterocycles. The maximum Gasteiger partial charge on any atom is 0.240 e. The van der Waals surface area contributed by atoms with Crippen LogP contribution in [0.1, 0.15) is 36.1 Å². The highest BCUT2D eigenvalue weighted by molar-refractivity contribution is 5.84. The van der Waals surface area contributed by atoms with Gasteiger partial charge in [0.2, 0.25) is 5.91 Å². The van der Waals surface area contributed by atoms with Gasteiger partial charge in [0.15, 0.2) is 0 Å². The van der Waals surface area contributed by atoms with E-state index < -0.39 is 0 Å². The number of benzene rings is 2. The molecule has 1 amide bonds. The number of rotatable bonds is 5. The molecule has 5 heteroatoms. The minimum Gasteiger partial charge on any atom is -0.508 e. The average molecular weight is 335 g/mol. The van der Waals surface area contributed by atoms with Crippen molar-refractivity contribution in [2.24, 2.45) is 0 Å². The van der Waals surface area contributed by atoms with Gasteiger partial charge in [-0.2, -0.15) is 5.26 Å². The third kappa shape index (κ3) is 3.98. The van der Waals surface area contributed by atoms with E-state index in [9.17, 15) is 9.90 Å². The second kappa shape index (κ2) is 7.37. The summed E-state index contributed by atoms with van der Waals surface area (Å²) in [5.74, 6) is 0.322. The summed E-state index contributed by atoms with van der Waals surface area (Å²) in [5.41, 5.74) is 2.60. The molecule has 2 aromatic carbocycles. The molecule has 3 rings (SSSR count). The Morgan fingerprint density at radius 1 is 1.32 bits per heavy atom. The number of carbonyl (C=O) groups is 1. The van der Waals surface area contributed by atoms with Crippen molar-refractivity contribution in [3.63, 3.8) is 0 Å². The van der Waals surface area contributed by atoms with Crippen molar-refractivity contribution in [2.45, 2.75) is 32.0 Å². The van der Waals surface area contributed by atoms with E-state index in [-0.39, 0.29) is 23.7 Å². The lowest BCUT2D eigenvalue weighted by Crippen LogP contribution is -2.39. The molecule has 2 aromatic rings. The summed E-state index contributed by atoms with van der Waals surface area (Å²) >= 11 is 0. The van der Waals surface area contributed by atoms with Gasteiger partial charge in [0, 0.05) is 19.1 Å². The van der Waals surface area contributed by atoms with Crippen molar-refractivity contribution < 1.29 is 9.90 Å². The Bertz CT molecular complexity index is 795. The first-order valence-corrected chi connectivity index (χ1v) is 8.39. The van der Waals surface area contributed by atoms with E-state index in [4.69, 9.17) is 5.26 Å². The molecule has 0 bridgehead atoms. The van der Waals surface area contributed by atoms with Gasteiger partial charge in [0.1, 0.15) is 5.75 Å². The maximum absolute atomic E-state index is 12.6. The molecule has 0 unspecified atom stereocenters. The summed E-state index contributed by atoms with van der Waals surface area (Å²) in [6.45, 7) is 3.26. The molecule has 0 aliphatic carbocycles. The van der Waals surface area contributed by atoms with Crippen LogP contribution in [0.3, 0.4) is 0 Å². The minimum absolute atomic E-state index is 0.0177. The van der Waals surface area contributed by atoms with Crippen LogP contribution in [0.4, 0.5) is 0 Å². The molecule has 1 heterocycles. The van der Waals surface area contributed by atoms with Gasteiger partial charge in [-0.15, -0.1) is 0 Å². The molecule has 5 nitrogen and oxygen atoms in total. The summed E-state index contributed by atoms with van der Waals surface area (Å²) < 4.78 is 0. The normalized spacial score (nSPS) is 18.2. The Labute approximate surface area is 147 Å². The third-order valence-corrected chi connectivity index (χ3v) is 4.58. The van der Waals surface area contributed by atoms with Crippen LogP contribution in [-0.2, 0) is 11.3 Å². The highest BCUT2D eigenvalue weighted by Gasteiger charge is 2.32. The Hall–Kier alpha value is -2.84. The lowest BCUT2D eigenvalue weighted by Gasteiger charge is -2.20. The molecular formula is C20H21N3O2. The first-order chi connectivity index (χ1) is 12.1. The van der Waals surface area contributed by atoms with Crippen LogP contribution >= 0.6 is 0 Å². The van der Waals surface area contributed by atoms with Gasteiger partial charge < -0.3 is 10.0 Å². The fourth-order valence-corrected chi connectivity index (χ4v) is 3.15. The Morgan fingerprint density at radius 2 is 2.08 bits per heavy atom. The fourth-order valence-electron chi connectivity index (χ4n) is 3.15. The predicted molar refractivity (Wildman–Crippen MR) is 94.6 cm³/mol. The maximum atomic E-state index is 12.6. The summed E-state index contributed by atoms with van der Waals surface area (Å²) in [7, 11) is 0. The van der Waals surface area contributed by atoms with Crippen LogP contribution in [0, 0.1) is 11.3 Å². The van der Waals surface area contributed by atoms with Gasteiger partial charge >= 0.3 is 0 Å². The van der Waals surface area contributed by atoms with Crippen LogP contribution in [-0.4, -0.2) is 28.5 Å². The Balaban J connectivity index is 1.60. The number of nitriles is 1. The van der Waals surface area contributed by atoms with Crippen molar-refractivity contribution in [1.29, 1.82) is 5.26 Å². The molecule has 128 valence electrons. The lowest BCUT2D eigenvalue weighted by atomic mass is 10.1. The SMILES string of the molecule is C[C@@H](N[C@@H]1CCN(Cc2ccc(C#N)cc2)C1=O)c1cccc(O)c1. The molecular weight excluding hydrogens is 314 g/mol. The minimum atomic E-state index is -0.212. The van der Waals surface area contributed by atoms with Gasteiger partial charge in [0.25, 0.3) is 0 Å². The Morgan fingerprint density at radius 3 is 2.76 bits per heavy atom. The summed E-state index contributed by atoms with van der Waals surface area (Å²) in [6.07, 6.45) is 0.762. The standard InChI is InChI=1S/C20H21N3O2/c1-14(17-3-2-4-18(24)11-17)22-19-9-10-23(20(19)25)13-16-7-5-15(12-21)6-8-16/h2-8,11,14,19,22,24H,9-10,13H2,1H3/t14-,19-/m1/s1. The number of hydrogen-bond donors (Lipinski definition) is 2. The molecule has 25 heavy (non-hydrogen) atoms. The summed E-state index contributed by atoms with van der Waals surface area (Å²) in [4.78, 5) is 14.5. The monoisotopic (exact) mass is 335 g/mol. The number of amides is 1. The highest BCUT2D eigenvalue weighted by atomic mass is 16.3. The molecule has 2 N–H and O–H groups in total. The molecule has 0 radical (unpaired) electrons. The number of aromatic hydroxyl groups is 1. The summed E-state index contributed by atoms with van der Waals surface area (Å²) in [5, 5.41) is 21.8. The van der Waals surface area contributed by atoms with E-state index in [0.717, 1.165) is 17.5 Å². The molecule has 1 aliphatic heterocycles. The van der Waals surface area contributed by atoms with E-state index in [2.05, 4.69) is 11.4 Å². The van der Waals surface area contributed by atoms with Crippen LogP contribution in [0.5, 0.6) is 5.75 Å². The molecule has 1 fully saturated rings. The zero-order chi connectivity index (χ0) is 17.8. The van der Waals surface area contributed by atoms with Crippen LogP contribution < -0.4 is 5.32 Å². The number of carbonyl (C=O) groups excluding carboxylic acids is 1.